The van der Waals surface area contributed by atoms with Crippen LogP contribution in [0.1, 0.15) is 49.3 Å². The smallest absolute Gasteiger partial charge is 0.324 e. The summed E-state index contributed by atoms with van der Waals surface area (Å²) in [6.45, 7) is 0. The molecule has 0 spiro atoms. The maximum absolute atomic E-state index is 12.6. The number of rotatable bonds is 3. The maximum atomic E-state index is 12.6. The molecule has 2 aromatic rings. The summed E-state index contributed by atoms with van der Waals surface area (Å²) in [5.41, 5.74) is 8.57. The lowest BCUT2D eigenvalue weighted by atomic mass is 9.81. The van der Waals surface area contributed by atoms with Crippen molar-refractivity contribution in [3.8, 4) is 11.1 Å². The van der Waals surface area contributed by atoms with Gasteiger partial charge in [-0.3, -0.25) is 0 Å². The predicted octanol–water partition coefficient (Wildman–Crippen LogP) is 5.95. The molecule has 1 aliphatic carbocycles. The van der Waals surface area contributed by atoms with E-state index in [1.165, 1.54) is 44.2 Å². The van der Waals surface area contributed by atoms with E-state index in [9.17, 15) is 13.2 Å². The molecule has 0 aromatic heterocycles. The van der Waals surface area contributed by atoms with Gasteiger partial charge in [0.2, 0.25) is 0 Å². The van der Waals surface area contributed by atoms with Crippen molar-refractivity contribution >= 4 is 0 Å². The van der Waals surface area contributed by atoms with E-state index in [-0.39, 0.29) is 6.04 Å². The molecule has 1 fully saturated rings. The summed E-state index contributed by atoms with van der Waals surface area (Å²) in [6, 6.07) is 13.2. The average molecular weight is 333 g/mol. The lowest BCUT2D eigenvalue weighted by Gasteiger charge is -2.27. The standard InChI is InChI=1S/C20H22F3N/c21-20(22,23)18-12-10-15(11-13-18)14-6-8-17(9-7-14)19(24)16-4-2-1-3-5-16/h6-13,16,19H,1-5,24H2/t19-/m0/s1. The van der Waals surface area contributed by atoms with Crippen molar-refractivity contribution in [1.82, 2.24) is 0 Å². The summed E-state index contributed by atoms with van der Waals surface area (Å²) >= 11 is 0. The predicted molar refractivity (Wildman–Crippen MR) is 90.4 cm³/mol. The van der Waals surface area contributed by atoms with E-state index >= 15 is 0 Å². The summed E-state index contributed by atoms with van der Waals surface area (Å²) < 4.78 is 37.9. The molecule has 0 radical (unpaired) electrons. The summed E-state index contributed by atoms with van der Waals surface area (Å²) in [6.07, 6.45) is 1.87. The molecule has 1 nitrogen and oxygen atoms in total. The van der Waals surface area contributed by atoms with Gasteiger partial charge in [-0.25, -0.2) is 0 Å². The van der Waals surface area contributed by atoms with E-state index in [1.54, 1.807) is 0 Å². The minimum atomic E-state index is -4.30. The highest BCUT2D eigenvalue weighted by Crippen LogP contribution is 2.34. The molecule has 0 aliphatic heterocycles. The minimum Gasteiger partial charge on any atom is -0.324 e. The van der Waals surface area contributed by atoms with Crippen molar-refractivity contribution in [2.24, 2.45) is 11.7 Å². The second-order valence-corrected chi connectivity index (χ2v) is 6.62. The van der Waals surface area contributed by atoms with Crippen LogP contribution in [-0.2, 0) is 6.18 Å². The first-order chi connectivity index (χ1) is 11.4. The van der Waals surface area contributed by atoms with Crippen molar-refractivity contribution in [1.29, 1.82) is 0 Å². The Balaban J connectivity index is 1.74. The number of hydrogen-bond donors (Lipinski definition) is 1. The van der Waals surface area contributed by atoms with Crippen LogP contribution in [0.25, 0.3) is 11.1 Å². The first-order valence-electron chi connectivity index (χ1n) is 8.48. The summed E-state index contributed by atoms with van der Waals surface area (Å²) in [7, 11) is 0. The van der Waals surface area contributed by atoms with E-state index in [0.717, 1.165) is 28.8 Å². The molecule has 0 amide bonds. The summed E-state index contributed by atoms with van der Waals surface area (Å²) in [4.78, 5) is 0. The van der Waals surface area contributed by atoms with Crippen LogP contribution in [0.4, 0.5) is 13.2 Å². The average Bonchev–Trinajstić information content (AvgIpc) is 2.61. The molecular weight excluding hydrogens is 311 g/mol. The van der Waals surface area contributed by atoms with Gasteiger partial charge < -0.3 is 5.73 Å². The van der Waals surface area contributed by atoms with Crippen molar-refractivity contribution in [2.45, 2.75) is 44.3 Å². The molecule has 24 heavy (non-hydrogen) atoms. The van der Waals surface area contributed by atoms with Crippen molar-refractivity contribution in [3.63, 3.8) is 0 Å². The zero-order chi connectivity index (χ0) is 17.2. The highest BCUT2D eigenvalue weighted by atomic mass is 19.4. The van der Waals surface area contributed by atoms with Crippen LogP contribution >= 0.6 is 0 Å². The highest BCUT2D eigenvalue weighted by molar-refractivity contribution is 5.64. The van der Waals surface area contributed by atoms with Gasteiger partial charge in [-0.05, 0) is 47.6 Å². The minimum absolute atomic E-state index is 0.0481. The van der Waals surface area contributed by atoms with Crippen LogP contribution in [-0.4, -0.2) is 0 Å². The van der Waals surface area contributed by atoms with Crippen LogP contribution in [0, 0.1) is 5.92 Å². The Kier molecular flexibility index (Phi) is 4.95. The maximum Gasteiger partial charge on any atom is 0.416 e. The second-order valence-electron chi connectivity index (χ2n) is 6.62. The van der Waals surface area contributed by atoms with Gasteiger partial charge in [0, 0.05) is 6.04 Å². The van der Waals surface area contributed by atoms with Crippen molar-refractivity contribution in [2.75, 3.05) is 0 Å². The lowest BCUT2D eigenvalue weighted by molar-refractivity contribution is -0.137. The Labute approximate surface area is 140 Å². The summed E-state index contributed by atoms with van der Waals surface area (Å²) in [5, 5.41) is 0. The quantitative estimate of drug-likeness (QED) is 0.737. The molecule has 0 unspecified atom stereocenters. The van der Waals surface area contributed by atoms with Crippen LogP contribution in [0.2, 0.25) is 0 Å². The van der Waals surface area contributed by atoms with Crippen molar-refractivity contribution < 1.29 is 13.2 Å². The molecule has 1 saturated carbocycles. The first-order valence-corrected chi connectivity index (χ1v) is 8.48. The van der Waals surface area contributed by atoms with Crippen LogP contribution in [0.3, 0.4) is 0 Å². The molecule has 0 saturated heterocycles. The SMILES string of the molecule is N[C@H](c1ccc(-c2ccc(C(F)(F)F)cc2)cc1)C1CCCCC1. The Morgan fingerprint density at radius 1 is 0.792 bits per heavy atom. The van der Waals surface area contributed by atoms with Crippen molar-refractivity contribution in [3.05, 3.63) is 59.7 Å². The molecule has 0 heterocycles. The molecule has 4 heteroatoms. The zero-order valence-electron chi connectivity index (χ0n) is 13.5. The molecule has 2 aromatic carbocycles. The van der Waals surface area contributed by atoms with Gasteiger partial charge in [-0.1, -0.05) is 55.7 Å². The van der Waals surface area contributed by atoms with E-state index < -0.39 is 11.7 Å². The monoisotopic (exact) mass is 333 g/mol. The third-order valence-electron chi connectivity index (χ3n) is 5.00. The van der Waals surface area contributed by atoms with Gasteiger partial charge in [0.05, 0.1) is 5.56 Å². The zero-order valence-corrected chi connectivity index (χ0v) is 13.5. The van der Waals surface area contributed by atoms with Crippen LogP contribution in [0.5, 0.6) is 0 Å². The van der Waals surface area contributed by atoms with E-state index in [2.05, 4.69) is 0 Å². The Bertz CT molecular complexity index is 653. The third kappa shape index (κ3) is 3.81. The third-order valence-corrected chi connectivity index (χ3v) is 5.00. The van der Waals surface area contributed by atoms with E-state index in [1.807, 2.05) is 24.3 Å². The molecule has 2 N–H and O–H groups in total. The van der Waals surface area contributed by atoms with E-state index in [4.69, 9.17) is 5.73 Å². The second kappa shape index (κ2) is 6.98. The fourth-order valence-corrected chi connectivity index (χ4v) is 3.51. The van der Waals surface area contributed by atoms with Gasteiger partial charge in [-0.15, -0.1) is 0 Å². The normalized spacial score (nSPS) is 17.7. The van der Waals surface area contributed by atoms with Gasteiger partial charge >= 0.3 is 6.18 Å². The van der Waals surface area contributed by atoms with Gasteiger partial charge in [0.15, 0.2) is 0 Å². The highest BCUT2D eigenvalue weighted by Gasteiger charge is 2.30. The fraction of sp³-hybridized carbons (Fsp3) is 0.400. The molecule has 1 aliphatic rings. The number of benzene rings is 2. The van der Waals surface area contributed by atoms with Gasteiger partial charge in [-0.2, -0.15) is 13.2 Å². The molecular formula is C20H22F3N. The Morgan fingerprint density at radius 3 is 1.79 bits per heavy atom. The first kappa shape index (κ1) is 17.0. The van der Waals surface area contributed by atoms with Crippen LogP contribution < -0.4 is 5.73 Å². The molecule has 3 rings (SSSR count). The summed E-state index contributed by atoms with van der Waals surface area (Å²) in [5.74, 6) is 0.538. The number of nitrogens with two attached hydrogens (primary N) is 1. The number of alkyl halides is 3. The number of halogens is 3. The fourth-order valence-electron chi connectivity index (χ4n) is 3.51. The Hall–Kier alpha value is -1.81. The van der Waals surface area contributed by atoms with E-state index in [0.29, 0.717) is 5.92 Å². The van der Waals surface area contributed by atoms with Gasteiger partial charge in [0.1, 0.15) is 0 Å². The molecule has 128 valence electrons. The molecule has 0 bridgehead atoms. The van der Waals surface area contributed by atoms with Crippen LogP contribution in [0.15, 0.2) is 48.5 Å². The topological polar surface area (TPSA) is 26.0 Å². The largest absolute Gasteiger partial charge is 0.416 e. The van der Waals surface area contributed by atoms with Gasteiger partial charge in [0.25, 0.3) is 0 Å². The lowest BCUT2D eigenvalue weighted by Crippen LogP contribution is -2.23. The Morgan fingerprint density at radius 2 is 1.29 bits per heavy atom. The molecule has 1 atom stereocenters. The number of hydrogen-bond acceptors (Lipinski definition) is 1.